The van der Waals surface area contributed by atoms with E-state index in [1.165, 1.54) is 0 Å². The first-order chi connectivity index (χ1) is 7.31. The minimum absolute atomic E-state index is 0.690. The maximum atomic E-state index is 5.46. The quantitative estimate of drug-likeness (QED) is 0.800. The van der Waals surface area contributed by atoms with Crippen LogP contribution < -0.4 is 5.73 Å². The van der Waals surface area contributed by atoms with Gasteiger partial charge in [0.2, 0.25) is 0 Å². The molecular formula is C11H15N3O. The number of nitrogens with zero attached hydrogens (tertiary/aromatic N) is 1. The van der Waals surface area contributed by atoms with E-state index < -0.39 is 0 Å². The van der Waals surface area contributed by atoms with Crippen LogP contribution in [-0.2, 0) is 6.42 Å². The van der Waals surface area contributed by atoms with Gasteiger partial charge in [0.1, 0.15) is 11.5 Å². The molecule has 4 heteroatoms. The first kappa shape index (κ1) is 9.98. The number of imidazole rings is 1. The Morgan fingerprint density at radius 2 is 2.40 bits per heavy atom. The molecule has 2 aromatic rings. The van der Waals surface area contributed by atoms with Crippen molar-refractivity contribution >= 4 is 0 Å². The predicted molar refractivity (Wildman–Crippen MR) is 58.4 cm³/mol. The number of hydrogen-bond donors (Lipinski definition) is 2. The highest BCUT2D eigenvalue weighted by atomic mass is 16.3. The molecule has 0 aliphatic carbocycles. The van der Waals surface area contributed by atoms with Crippen LogP contribution >= 0.6 is 0 Å². The zero-order chi connectivity index (χ0) is 10.7. The monoisotopic (exact) mass is 205 g/mol. The molecule has 0 saturated heterocycles. The van der Waals surface area contributed by atoms with Crippen molar-refractivity contribution in [3.63, 3.8) is 0 Å². The number of rotatable bonds is 4. The summed E-state index contributed by atoms with van der Waals surface area (Å²) < 4.78 is 5.31. The minimum atomic E-state index is 0.690. The lowest BCUT2D eigenvalue weighted by atomic mass is 10.3. The largest absolute Gasteiger partial charge is 0.463 e. The van der Waals surface area contributed by atoms with Crippen molar-refractivity contribution < 1.29 is 4.42 Å². The molecule has 0 saturated carbocycles. The fourth-order valence-corrected chi connectivity index (χ4v) is 1.56. The Bertz CT molecular complexity index is 417. The van der Waals surface area contributed by atoms with Crippen LogP contribution in [0.4, 0.5) is 0 Å². The number of nitrogens with two attached hydrogens (primary N) is 1. The fourth-order valence-electron chi connectivity index (χ4n) is 1.56. The van der Waals surface area contributed by atoms with E-state index >= 15 is 0 Å². The van der Waals surface area contributed by atoms with Crippen LogP contribution in [0.5, 0.6) is 0 Å². The van der Waals surface area contributed by atoms with Crippen molar-refractivity contribution in [2.45, 2.75) is 19.8 Å². The van der Waals surface area contributed by atoms with Crippen LogP contribution in [0.3, 0.4) is 0 Å². The zero-order valence-electron chi connectivity index (χ0n) is 8.79. The third kappa shape index (κ3) is 2.10. The summed E-state index contributed by atoms with van der Waals surface area (Å²) in [5, 5.41) is 0. The summed E-state index contributed by atoms with van der Waals surface area (Å²) in [4.78, 5) is 7.73. The number of nitrogens with one attached hydrogen (secondary N) is 1. The van der Waals surface area contributed by atoms with Crippen molar-refractivity contribution in [1.82, 2.24) is 9.97 Å². The summed E-state index contributed by atoms with van der Waals surface area (Å²) >= 11 is 0. The SMILES string of the molecule is Cc1[nH]c(CCCN)nc1-c1ccco1. The third-order valence-electron chi connectivity index (χ3n) is 2.31. The number of aryl methyl sites for hydroxylation is 2. The summed E-state index contributed by atoms with van der Waals surface area (Å²) in [6.07, 6.45) is 3.49. The van der Waals surface area contributed by atoms with Crippen LogP contribution in [0, 0.1) is 6.92 Å². The highest BCUT2D eigenvalue weighted by Crippen LogP contribution is 2.21. The molecular weight excluding hydrogens is 190 g/mol. The molecule has 0 aliphatic heterocycles. The third-order valence-corrected chi connectivity index (χ3v) is 2.31. The fraction of sp³-hybridized carbons (Fsp3) is 0.364. The van der Waals surface area contributed by atoms with Crippen LogP contribution in [0.2, 0.25) is 0 Å². The Morgan fingerprint density at radius 1 is 1.53 bits per heavy atom. The minimum Gasteiger partial charge on any atom is -0.463 e. The summed E-state index contributed by atoms with van der Waals surface area (Å²) in [5.74, 6) is 1.78. The van der Waals surface area contributed by atoms with Gasteiger partial charge in [-0.15, -0.1) is 0 Å². The van der Waals surface area contributed by atoms with Crippen molar-refractivity contribution in [2.75, 3.05) is 6.54 Å². The van der Waals surface area contributed by atoms with Gasteiger partial charge in [-0.05, 0) is 32.0 Å². The highest BCUT2D eigenvalue weighted by molar-refractivity contribution is 5.55. The Hall–Kier alpha value is -1.55. The summed E-state index contributed by atoms with van der Waals surface area (Å²) in [5.41, 5.74) is 7.39. The molecule has 0 amide bonds. The molecule has 2 rings (SSSR count). The number of aromatic amines is 1. The molecule has 0 fully saturated rings. The second kappa shape index (κ2) is 4.31. The lowest BCUT2D eigenvalue weighted by molar-refractivity contribution is 0.580. The lowest BCUT2D eigenvalue weighted by Crippen LogP contribution is -2.01. The van der Waals surface area contributed by atoms with Gasteiger partial charge < -0.3 is 15.1 Å². The average molecular weight is 205 g/mol. The molecule has 4 nitrogen and oxygen atoms in total. The van der Waals surface area contributed by atoms with Gasteiger partial charge in [0.15, 0.2) is 5.76 Å². The second-order valence-electron chi connectivity index (χ2n) is 3.53. The molecule has 0 unspecified atom stereocenters. The van der Waals surface area contributed by atoms with Crippen molar-refractivity contribution in [2.24, 2.45) is 5.73 Å². The molecule has 0 atom stereocenters. The summed E-state index contributed by atoms with van der Waals surface area (Å²) in [7, 11) is 0. The summed E-state index contributed by atoms with van der Waals surface area (Å²) in [6, 6.07) is 3.78. The van der Waals surface area contributed by atoms with E-state index in [4.69, 9.17) is 10.2 Å². The van der Waals surface area contributed by atoms with Gasteiger partial charge in [0.05, 0.1) is 6.26 Å². The van der Waals surface area contributed by atoms with E-state index in [1.54, 1.807) is 6.26 Å². The number of H-pyrrole nitrogens is 1. The predicted octanol–water partition coefficient (Wildman–Crippen LogP) is 1.87. The molecule has 0 aliphatic rings. The van der Waals surface area contributed by atoms with Gasteiger partial charge in [-0.1, -0.05) is 0 Å². The van der Waals surface area contributed by atoms with Crippen molar-refractivity contribution in [3.8, 4) is 11.5 Å². The molecule has 0 spiro atoms. The molecule has 80 valence electrons. The van der Waals surface area contributed by atoms with E-state index in [0.717, 1.165) is 35.8 Å². The Morgan fingerprint density at radius 3 is 3.07 bits per heavy atom. The van der Waals surface area contributed by atoms with Crippen LogP contribution in [0.15, 0.2) is 22.8 Å². The zero-order valence-corrected chi connectivity index (χ0v) is 8.79. The molecule has 15 heavy (non-hydrogen) atoms. The van der Waals surface area contributed by atoms with Crippen molar-refractivity contribution in [1.29, 1.82) is 0 Å². The van der Waals surface area contributed by atoms with Gasteiger partial charge in [-0.2, -0.15) is 0 Å². The Labute approximate surface area is 88.5 Å². The number of aromatic nitrogens is 2. The Kier molecular flexibility index (Phi) is 2.87. The molecule has 2 aromatic heterocycles. The molecule has 2 heterocycles. The topological polar surface area (TPSA) is 67.8 Å². The van der Waals surface area contributed by atoms with E-state index in [-0.39, 0.29) is 0 Å². The van der Waals surface area contributed by atoms with Gasteiger partial charge in [-0.25, -0.2) is 4.98 Å². The first-order valence-electron chi connectivity index (χ1n) is 5.10. The Balaban J connectivity index is 2.22. The van der Waals surface area contributed by atoms with Gasteiger partial charge in [0, 0.05) is 12.1 Å². The molecule has 0 aromatic carbocycles. The molecule has 0 bridgehead atoms. The molecule has 0 radical (unpaired) electrons. The van der Waals surface area contributed by atoms with E-state index in [9.17, 15) is 0 Å². The molecule has 3 N–H and O–H groups in total. The van der Waals surface area contributed by atoms with Crippen LogP contribution in [0.25, 0.3) is 11.5 Å². The van der Waals surface area contributed by atoms with Crippen LogP contribution in [0.1, 0.15) is 17.9 Å². The van der Waals surface area contributed by atoms with E-state index in [2.05, 4.69) is 9.97 Å². The average Bonchev–Trinajstić information content (AvgIpc) is 2.83. The first-order valence-corrected chi connectivity index (χ1v) is 5.10. The lowest BCUT2D eigenvalue weighted by Gasteiger charge is -1.91. The van der Waals surface area contributed by atoms with Gasteiger partial charge >= 0.3 is 0 Å². The van der Waals surface area contributed by atoms with Crippen molar-refractivity contribution in [3.05, 3.63) is 29.9 Å². The second-order valence-corrected chi connectivity index (χ2v) is 3.53. The van der Waals surface area contributed by atoms with Gasteiger partial charge in [0.25, 0.3) is 0 Å². The maximum Gasteiger partial charge on any atom is 0.154 e. The smallest absolute Gasteiger partial charge is 0.154 e. The highest BCUT2D eigenvalue weighted by Gasteiger charge is 2.10. The van der Waals surface area contributed by atoms with E-state index in [1.807, 2.05) is 19.1 Å². The number of hydrogen-bond acceptors (Lipinski definition) is 3. The standard InChI is InChI=1S/C11H15N3O/c1-8-11(9-4-3-7-15-9)14-10(13-8)5-2-6-12/h3-4,7H,2,5-6,12H2,1H3,(H,13,14). The van der Waals surface area contributed by atoms with E-state index in [0.29, 0.717) is 6.54 Å². The number of furan rings is 1. The normalized spacial score (nSPS) is 10.8. The van der Waals surface area contributed by atoms with Gasteiger partial charge in [-0.3, -0.25) is 0 Å². The summed E-state index contributed by atoms with van der Waals surface area (Å²) in [6.45, 7) is 2.69. The van der Waals surface area contributed by atoms with Crippen LogP contribution in [-0.4, -0.2) is 16.5 Å². The maximum absolute atomic E-state index is 5.46.